The minimum Gasteiger partial charge on any atom is -0.450 e. The molecular formula is C16H16N2O6. The number of ether oxygens (including phenoxy) is 1. The van der Waals surface area contributed by atoms with Crippen LogP contribution in [-0.2, 0) is 9.53 Å². The van der Waals surface area contributed by atoms with Gasteiger partial charge in [0.05, 0.1) is 6.07 Å². The molecule has 0 bridgehead atoms. The third-order valence-corrected chi connectivity index (χ3v) is 3.17. The van der Waals surface area contributed by atoms with E-state index in [0.29, 0.717) is 11.6 Å². The van der Waals surface area contributed by atoms with E-state index in [2.05, 4.69) is 23.6 Å². The number of benzene rings is 1. The maximum Gasteiger partial charge on any atom is 0.433 e. The Hall–Kier alpha value is -3.16. The van der Waals surface area contributed by atoms with Crippen molar-refractivity contribution in [3.05, 3.63) is 57.8 Å². The monoisotopic (exact) mass is 332 g/mol. The molecule has 0 radical (unpaired) electrons. The van der Waals surface area contributed by atoms with Crippen LogP contribution < -0.4 is 5.32 Å². The molecule has 24 heavy (non-hydrogen) atoms. The molecule has 2 rings (SSSR count). The molecule has 1 aromatic carbocycles. The fourth-order valence-electron chi connectivity index (χ4n) is 1.89. The molecule has 1 amide bonds. The second-order valence-electron chi connectivity index (χ2n) is 5.30. The predicted octanol–water partition coefficient (Wildman–Crippen LogP) is 3.11. The van der Waals surface area contributed by atoms with Gasteiger partial charge in [-0.05, 0) is 29.7 Å². The summed E-state index contributed by atoms with van der Waals surface area (Å²) in [5.74, 6) is -2.00. The minimum absolute atomic E-state index is 0.337. The number of nitrogens with zero attached hydrogens (tertiary/aromatic N) is 1. The van der Waals surface area contributed by atoms with Crippen molar-refractivity contribution >= 4 is 23.4 Å². The van der Waals surface area contributed by atoms with Crippen molar-refractivity contribution in [1.29, 1.82) is 0 Å². The number of carbonyl (C=O) groups excluding carboxylic acids is 2. The molecule has 0 atom stereocenters. The molecule has 8 heteroatoms. The molecule has 0 saturated heterocycles. The third-order valence-electron chi connectivity index (χ3n) is 3.17. The van der Waals surface area contributed by atoms with E-state index in [1.165, 1.54) is 0 Å². The number of anilines is 1. The summed E-state index contributed by atoms with van der Waals surface area (Å²) in [7, 11) is 0. The molecular weight excluding hydrogens is 316 g/mol. The zero-order valence-corrected chi connectivity index (χ0v) is 13.1. The summed E-state index contributed by atoms with van der Waals surface area (Å²) >= 11 is 0. The highest BCUT2D eigenvalue weighted by Gasteiger charge is 2.19. The Labute approximate surface area is 137 Å². The first-order valence-corrected chi connectivity index (χ1v) is 7.18. The Morgan fingerprint density at radius 1 is 1.21 bits per heavy atom. The van der Waals surface area contributed by atoms with Gasteiger partial charge in [0.2, 0.25) is 5.76 Å². The van der Waals surface area contributed by atoms with Gasteiger partial charge >= 0.3 is 11.9 Å². The van der Waals surface area contributed by atoms with E-state index in [-0.39, 0.29) is 5.76 Å². The lowest BCUT2D eigenvalue weighted by Crippen LogP contribution is -2.20. The molecule has 0 aliphatic carbocycles. The molecule has 8 nitrogen and oxygen atoms in total. The summed E-state index contributed by atoms with van der Waals surface area (Å²) in [5.41, 5.74) is 1.72. The first kappa shape index (κ1) is 17.2. The SMILES string of the molecule is CC(C)c1ccc(NC(=O)COC(=O)c2ccc([N+](=O)[O-])o2)cc1. The Morgan fingerprint density at radius 3 is 2.42 bits per heavy atom. The van der Waals surface area contributed by atoms with Crippen molar-refractivity contribution in [2.45, 2.75) is 19.8 Å². The summed E-state index contributed by atoms with van der Waals surface area (Å²) in [6, 6.07) is 9.45. The molecule has 2 aromatic rings. The van der Waals surface area contributed by atoms with Gasteiger partial charge < -0.3 is 14.5 Å². The number of hydrogen-bond donors (Lipinski definition) is 1. The van der Waals surface area contributed by atoms with E-state index in [1.807, 2.05) is 12.1 Å². The number of furan rings is 1. The van der Waals surface area contributed by atoms with E-state index in [1.54, 1.807) is 12.1 Å². The largest absolute Gasteiger partial charge is 0.450 e. The van der Waals surface area contributed by atoms with Crippen LogP contribution in [0.3, 0.4) is 0 Å². The van der Waals surface area contributed by atoms with Crippen molar-refractivity contribution in [3.63, 3.8) is 0 Å². The highest BCUT2D eigenvalue weighted by atomic mass is 16.7. The highest BCUT2D eigenvalue weighted by molar-refractivity contribution is 5.94. The standard InChI is InChI=1S/C16H16N2O6/c1-10(2)11-3-5-12(6-4-11)17-14(19)9-23-16(20)13-7-8-15(24-13)18(21)22/h3-8,10H,9H2,1-2H3,(H,17,19). The number of amides is 1. The second-order valence-corrected chi connectivity index (χ2v) is 5.30. The first-order valence-electron chi connectivity index (χ1n) is 7.18. The Morgan fingerprint density at radius 2 is 1.88 bits per heavy atom. The van der Waals surface area contributed by atoms with E-state index < -0.39 is 29.3 Å². The van der Waals surface area contributed by atoms with Crippen molar-refractivity contribution < 1.29 is 23.7 Å². The lowest BCUT2D eigenvalue weighted by molar-refractivity contribution is -0.402. The second kappa shape index (κ2) is 7.40. The zero-order chi connectivity index (χ0) is 17.7. The molecule has 1 aromatic heterocycles. The quantitative estimate of drug-likeness (QED) is 0.494. The Bertz CT molecular complexity index is 748. The normalized spacial score (nSPS) is 10.5. The lowest BCUT2D eigenvalue weighted by atomic mass is 10.0. The zero-order valence-electron chi connectivity index (χ0n) is 13.1. The van der Waals surface area contributed by atoms with Gasteiger partial charge in [-0.1, -0.05) is 26.0 Å². The lowest BCUT2D eigenvalue weighted by Gasteiger charge is -2.08. The van der Waals surface area contributed by atoms with Crippen LogP contribution in [0.4, 0.5) is 11.6 Å². The summed E-state index contributed by atoms with van der Waals surface area (Å²) in [6.45, 7) is 3.59. The molecule has 0 unspecified atom stereocenters. The van der Waals surface area contributed by atoms with E-state index in [9.17, 15) is 19.7 Å². The highest BCUT2D eigenvalue weighted by Crippen LogP contribution is 2.18. The van der Waals surface area contributed by atoms with Gasteiger partial charge in [0.1, 0.15) is 4.92 Å². The maximum atomic E-state index is 11.8. The summed E-state index contributed by atoms with van der Waals surface area (Å²) in [6.07, 6.45) is 0. The van der Waals surface area contributed by atoms with Crippen LogP contribution in [0.25, 0.3) is 0 Å². The average Bonchev–Trinajstić information content (AvgIpc) is 3.03. The van der Waals surface area contributed by atoms with Gasteiger partial charge in [-0.2, -0.15) is 0 Å². The Balaban J connectivity index is 1.85. The van der Waals surface area contributed by atoms with Gasteiger partial charge in [-0.3, -0.25) is 14.9 Å². The number of nitrogens with one attached hydrogen (secondary N) is 1. The molecule has 1 N–H and O–H groups in total. The van der Waals surface area contributed by atoms with Crippen LogP contribution in [0.1, 0.15) is 35.9 Å². The number of nitro groups is 1. The number of hydrogen-bond acceptors (Lipinski definition) is 6. The Kier molecular flexibility index (Phi) is 5.31. The molecule has 1 heterocycles. The van der Waals surface area contributed by atoms with Crippen LogP contribution in [-0.4, -0.2) is 23.4 Å². The van der Waals surface area contributed by atoms with E-state index in [4.69, 9.17) is 4.74 Å². The number of carbonyl (C=O) groups is 2. The van der Waals surface area contributed by atoms with Gasteiger partial charge in [0.15, 0.2) is 6.61 Å². The van der Waals surface area contributed by atoms with E-state index in [0.717, 1.165) is 17.7 Å². The number of esters is 1. The number of rotatable bonds is 6. The molecule has 0 fully saturated rings. The molecule has 0 aliphatic heterocycles. The summed E-state index contributed by atoms with van der Waals surface area (Å²) < 4.78 is 9.44. The topological polar surface area (TPSA) is 112 Å². The van der Waals surface area contributed by atoms with Crippen LogP contribution in [0, 0.1) is 10.1 Å². The van der Waals surface area contributed by atoms with Crippen LogP contribution >= 0.6 is 0 Å². The summed E-state index contributed by atoms with van der Waals surface area (Å²) in [5, 5.41) is 13.1. The predicted molar refractivity (Wildman–Crippen MR) is 84.8 cm³/mol. The van der Waals surface area contributed by atoms with Crippen LogP contribution in [0.2, 0.25) is 0 Å². The summed E-state index contributed by atoms with van der Waals surface area (Å²) in [4.78, 5) is 33.1. The smallest absolute Gasteiger partial charge is 0.433 e. The van der Waals surface area contributed by atoms with Gasteiger partial charge in [-0.15, -0.1) is 0 Å². The maximum absolute atomic E-state index is 11.8. The molecule has 0 spiro atoms. The van der Waals surface area contributed by atoms with Crippen molar-refractivity contribution in [2.24, 2.45) is 0 Å². The molecule has 0 saturated carbocycles. The minimum atomic E-state index is -0.951. The van der Waals surface area contributed by atoms with Crippen molar-refractivity contribution in [2.75, 3.05) is 11.9 Å². The fraction of sp³-hybridized carbons (Fsp3) is 0.250. The fourth-order valence-corrected chi connectivity index (χ4v) is 1.89. The molecule has 0 aliphatic rings. The van der Waals surface area contributed by atoms with Gasteiger partial charge in [-0.25, -0.2) is 4.79 Å². The van der Waals surface area contributed by atoms with Crippen LogP contribution in [0.15, 0.2) is 40.8 Å². The van der Waals surface area contributed by atoms with Gasteiger partial charge in [0, 0.05) is 5.69 Å². The van der Waals surface area contributed by atoms with Crippen molar-refractivity contribution in [3.8, 4) is 0 Å². The first-order chi connectivity index (χ1) is 11.4. The average molecular weight is 332 g/mol. The van der Waals surface area contributed by atoms with E-state index >= 15 is 0 Å². The molecule has 126 valence electrons. The van der Waals surface area contributed by atoms with Crippen LogP contribution in [0.5, 0.6) is 0 Å². The van der Waals surface area contributed by atoms with Crippen molar-refractivity contribution in [1.82, 2.24) is 0 Å². The van der Waals surface area contributed by atoms with Gasteiger partial charge in [0.25, 0.3) is 5.91 Å². The third kappa shape index (κ3) is 4.42.